The smallest absolute Gasteiger partial charge is 0.247 e. The second kappa shape index (κ2) is 7.53. The lowest BCUT2D eigenvalue weighted by Crippen LogP contribution is -2.34. The van der Waals surface area contributed by atoms with E-state index in [4.69, 9.17) is 0 Å². The molecule has 0 spiro atoms. The maximum Gasteiger partial charge on any atom is 0.247 e. The van der Waals surface area contributed by atoms with Gasteiger partial charge < -0.3 is 9.47 Å². The van der Waals surface area contributed by atoms with Gasteiger partial charge in [0.2, 0.25) is 5.91 Å². The first-order chi connectivity index (χ1) is 13.7. The van der Waals surface area contributed by atoms with Crippen LogP contribution in [0.2, 0.25) is 0 Å². The minimum absolute atomic E-state index is 0.0130. The van der Waals surface area contributed by atoms with Crippen LogP contribution in [0.4, 0.5) is 5.69 Å². The molecular weight excluding hydrogens is 348 g/mol. The van der Waals surface area contributed by atoms with E-state index in [1.54, 1.807) is 11.0 Å². The number of carbonyl (C=O) groups is 1. The largest absolute Gasteiger partial charge is 0.331 e. The Bertz CT molecular complexity index is 1170. The van der Waals surface area contributed by atoms with Crippen molar-refractivity contribution in [2.75, 3.05) is 11.4 Å². The number of aromatic nitrogens is 1. The van der Waals surface area contributed by atoms with E-state index in [9.17, 15) is 9.59 Å². The molecule has 28 heavy (non-hydrogen) atoms. The second-order valence-corrected chi connectivity index (χ2v) is 6.58. The molecule has 0 aliphatic rings. The van der Waals surface area contributed by atoms with Gasteiger partial charge in [-0.25, -0.2) is 0 Å². The lowest BCUT2D eigenvalue weighted by atomic mass is 10.1. The molecule has 0 unspecified atom stereocenters. The Hall–Kier alpha value is -3.66. The van der Waals surface area contributed by atoms with Gasteiger partial charge in [0.15, 0.2) is 5.43 Å². The van der Waals surface area contributed by atoms with Gasteiger partial charge in [-0.2, -0.15) is 0 Å². The first kappa shape index (κ1) is 17.7. The second-order valence-electron chi connectivity index (χ2n) is 6.58. The maximum absolute atomic E-state index is 13.3. The van der Waals surface area contributed by atoms with Gasteiger partial charge in [0.1, 0.15) is 6.54 Å². The molecule has 1 amide bonds. The molecule has 1 heterocycles. The summed E-state index contributed by atoms with van der Waals surface area (Å²) < 4.78 is 1.92. The van der Waals surface area contributed by atoms with Gasteiger partial charge in [-0.05, 0) is 36.4 Å². The molecule has 0 atom stereocenters. The van der Waals surface area contributed by atoms with E-state index in [-0.39, 0.29) is 17.9 Å². The summed E-state index contributed by atoms with van der Waals surface area (Å²) in [6.45, 7) is 4.33. The zero-order valence-electron chi connectivity index (χ0n) is 15.4. The fraction of sp³-hybridized carbons (Fsp3) is 0.0833. The summed E-state index contributed by atoms with van der Waals surface area (Å²) in [6, 6.07) is 24.4. The maximum atomic E-state index is 13.3. The molecule has 1 aromatic heterocycles. The van der Waals surface area contributed by atoms with Crippen LogP contribution in [-0.2, 0) is 11.3 Å². The first-order valence-corrected chi connectivity index (χ1v) is 9.17. The summed E-state index contributed by atoms with van der Waals surface area (Å²) in [4.78, 5) is 27.8. The average Bonchev–Trinajstić information content (AvgIpc) is 2.75. The minimum atomic E-state index is -0.0648. The number of para-hydroxylation sites is 3. The highest BCUT2D eigenvalue weighted by Crippen LogP contribution is 2.21. The lowest BCUT2D eigenvalue weighted by molar-refractivity contribution is -0.118. The number of hydrogen-bond acceptors (Lipinski definition) is 2. The molecule has 0 radical (unpaired) electrons. The Morgan fingerprint density at radius 1 is 0.857 bits per heavy atom. The van der Waals surface area contributed by atoms with Crippen LogP contribution in [0.1, 0.15) is 0 Å². The highest BCUT2D eigenvalue weighted by Gasteiger charge is 2.18. The molecule has 3 aromatic carbocycles. The number of rotatable bonds is 5. The van der Waals surface area contributed by atoms with Crippen LogP contribution >= 0.6 is 0 Å². The SMILES string of the molecule is C=CCN(C(=O)Cn1c2ccccc2c(=O)c2ccccc21)c1ccccc1. The average molecular weight is 368 g/mol. The Labute approximate surface area is 162 Å². The molecule has 4 heteroatoms. The number of amides is 1. The van der Waals surface area contributed by atoms with Crippen molar-refractivity contribution in [2.45, 2.75) is 6.54 Å². The lowest BCUT2D eigenvalue weighted by Gasteiger charge is -2.23. The predicted molar refractivity (Wildman–Crippen MR) is 115 cm³/mol. The van der Waals surface area contributed by atoms with E-state index >= 15 is 0 Å². The van der Waals surface area contributed by atoms with Gasteiger partial charge in [-0.1, -0.05) is 48.5 Å². The zero-order valence-corrected chi connectivity index (χ0v) is 15.4. The quantitative estimate of drug-likeness (QED) is 0.388. The van der Waals surface area contributed by atoms with Crippen LogP contribution in [0.3, 0.4) is 0 Å². The fourth-order valence-electron chi connectivity index (χ4n) is 3.56. The van der Waals surface area contributed by atoms with Crippen molar-refractivity contribution >= 4 is 33.4 Å². The van der Waals surface area contributed by atoms with E-state index in [1.807, 2.05) is 83.4 Å². The minimum Gasteiger partial charge on any atom is -0.331 e. The Kier molecular flexibility index (Phi) is 4.77. The number of carbonyl (C=O) groups excluding carboxylic acids is 1. The van der Waals surface area contributed by atoms with E-state index in [0.717, 1.165) is 16.7 Å². The summed E-state index contributed by atoms with van der Waals surface area (Å²) in [7, 11) is 0. The van der Waals surface area contributed by atoms with Gasteiger partial charge in [0, 0.05) is 23.0 Å². The molecule has 0 saturated carbocycles. The number of hydrogen-bond donors (Lipinski definition) is 0. The number of fused-ring (bicyclic) bond motifs is 2. The van der Waals surface area contributed by atoms with Crippen LogP contribution in [0.5, 0.6) is 0 Å². The molecule has 138 valence electrons. The molecule has 0 saturated heterocycles. The van der Waals surface area contributed by atoms with Gasteiger partial charge in [0.25, 0.3) is 0 Å². The predicted octanol–water partition coefficient (Wildman–Crippen LogP) is 4.37. The van der Waals surface area contributed by atoms with Crippen molar-refractivity contribution in [3.8, 4) is 0 Å². The number of benzene rings is 3. The van der Waals surface area contributed by atoms with Crippen molar-refractivity contribution in [1.82, 2.24) is 4.57 Å². The standard InChI is InChI=1S/C24H20N2O2/c1-2-16-25(18-10-4-3-5-11-18)23(27)17-26-21-14-8-6-12-19(21)24(28)20-13-7-9-15-22(20)26/h2-15H,1,16-17H2. The van der Waals surface area contributed by atoms with Crippen molar-refractivity contribution in [3.05, 3.63) is 102 Å². The summed E-state index contributed by atoms with van der Waals surface area (Å²) in [5.41, 5.74) is 2.32. The van der Waals surface area contributed by atoms with E-state index in [0.29, 0.717) is 17.3 Å². The van der Waals surface area contributed by atoms with E-state index in [2.05, 4.69) is 6.58 Å². The highest BCUT2D eigenvalue weighted by atomic mass is 16.2. The van der Waals surface area contributed by atoms with Crippen LogP contribution in [0.15, 0.2) is 96.3 Å². The zero-order chi connectivity index (χ0) is 19.5. The molecule has 0 fully saturated rings. The highest BCUT2D eigenvalue weighted by molar-refractivity contribution is 5.98. The third kappa shape index (κ3) is 3.09. The van der Waals surface area contributed by atoms with Gasteiger partial charge in [0.05, 0.1) is 11.0 Å². The molecule has 4 aromatic rings. The molecule has 4 rings (SSSR count). The topological polar surface area (TPSA) is 42.3 Å². The molecule has 4 nitrogen and oxygen atoms in total. The van der Waals surface area contributed by atoms with Crippen molar-refractivity contribution in [1.29, 1.82) is 0 Å². The summed E-state index contributed by atoms with van der Waals surface area (Å²) >= 11 is 0. The summed E-state index contributed by atoms with van der Waals surface area (Å²) in [6.07, 6.45) is 1.71. The van der Waals surface area contributed by atoms with Gasteiger partial charge in [-0.15, -0.1) is 6.58 Å². The fourth-order valence-corrected chi connectivity index (χ4v) is 3.56. The van der Waals surface area contributed by atoms with Gasteiger partial charge >= 0.3 is 0 Å². The normalized spacial score (nSPS) is 10.9. The molecule has 0 aliphatic carbocycles. The monoisotopic (exact) mass is 368 g/mol. The van der Waals surface area contributed by atoms with Crippen LogP contribution in [0, 0.1) is 0 Å². The van der Waals surface area contributed by atoms with Crippen molar-refractivity contribution < 1.29 is 4.79 Å². The number of nitrogens with zero attached hydrogens (tertiary/aromatic N) is 2. The summed E-state index contributed by atoms with van der Waals surface area (Å²) in [5, 5.41) is 1.23. The van der Waals surface area contributed by atoms with Crippen LogP contribution in [0.25, 0.3) is 21.8 Å². The Balaban J connectivity index is 1.86. The van der Waals surface area contributed by atoms with Crippen LogP contribution in [-0.4, -0.2) is 17.0 Å². The van der Waals surface area contributed by atoms with E-state index < -0.39 is 0 Å². The Morgan fingerprint density at radius 3 is 1.96 bits per heavy atom. The third-order valence-corrected chi connectivity index (χ3v) is 4.85. The molecular formula is C24H20N2O2. The third-order valence-electron chi connectivity index (χ3n) is 4.85. The molecule has 0 bridgehead atoms. The Morgan fingerprint density at radius 2 is 1.39 bits per heavy atom. The van der Waals surface area contributed by atoms with Crippen molar-refractivity contribution in [3.63, 3.8) is 0 Å². The van der Waals surface area contributed by atoms with Crippen LogP contribution < -0.4 is 10.3 Å². The van der Waals surface area contributed by atoms with Crippen molar-refractivity contribution in [2.24, 2.45) is 0 Å². The summed E-state index contributed by atoms with van der Waals surface area (Å²) in [5.74, 6) is -0.0648. The molecule has 0 N–H and O–H groups in total. The molecule has 0 aliphatic heterocycles. The number of anilines is 1. The van der Waals surface area contributed by atoms with Gasteiger partial charge in [-0.3, -0.25) is 9.59 Å². The number of pyridine rings is 1. The first-order valence-electron chi connectivity index (χ1n) is 9.17. The van der Waals surface area contributed by atoms with E-state index in [1.165, 1.54) is 0 Å².